The summed E-state index contributed by atoms with van der Waals surface area (Å²) in [6, 6.07) is 7.78. The van der Waals surface area contributed by atoms with E-state index in [0.717, 1.165) is 25.2 Å². The predicted octanol–water partition coefficient (Wildman–Crippen LogP) is 3.19. The fourth-order valence-electron chi connectivity index (χ4n) is 4.86. The minimum Gasteiger partial charge on any atom is -0.373 e. The average molecular weight is 353 g/mol. The van der Waals surface area contributed by atoms with Crippen molar-refractivity contribution in [2.45, 2.75) is 38.2 Å². The summed E-state index contributed by atoms with van der Waals surface area (Å²) in [5, 5.41) is 0. The van der Waals surface area contributed by atoms with Crippen LogP contribution in [-0.4, -0.2) is 37.6 Å². The molecule has 0 spiro atoms. The molecule has 1 aliphatic heterocycles. The number of primary amides is 1. The molecule has 1 aliphatic carbocycles. The molecular weight excluding hydrogens is 324 g/mol. The Morgan fingerprint density at radius 2 is 2.00 bits per heavy atom. The van der Waals surface area contributed by atoms with Gasteiger partial charge in [-0.2, -0.15) is 0 Å². The number of likely N-dealkylation sites (tertiary alicyclic amines) is 1. The van der Waals surface area contributed by atoms with Crippen LogP contribution in [-0.2, 0) is 10.3 Å². The first-order valence-corrected chi connectivity index (χ1v) is 8.79. The number of hydrogen-bond donors (Lipinski definition) is 1. The van der Waals surface area contributed by atoms with Crippen LogP contribution in [0.25, 0.3) is 0 Å². The first-order chi connectivity index (χ1) is 11.1. The highest BCUT2D eigenvalue weighted by atomic mass is 35.5. The van der Waals surface area contributed by atoms with Gasteiger partial charge in [0.05, 0.1) is 0 Å². The number of methoxy groups -OCH3 is 1. The zero-order valence-electron chi connectivity index (χ0n) is 14.7. The Kier molecular flexibility index (Phi) is 6.29. The molecule has 1 saturated heterocycles. The van der Waals surface area contributed by atoms with Gasteiger partial charge in [-0.25, -0.2) is 0 Å². The third kappa shape index (κ3) is 3.19. The molecule has 2 fully saturated rings. The van der Waals surface area contributed by atoms with Gasteiger partial charge in [0.2, 0.25) is 5.91 Å². The number of nitrogens with zero attached hydrogens (tertiary/aromatic N) is 1. The summed E-state index contributed by atoms with van der Waals surface area (Å²) in [4.78, 5) is 14.2. The first kappa shape index (κ1) is 19.2. The van der Waals surface area contributed by atoms with E-state index >= 15 is 0 Å². The van der Waals surface area contributed by atoms with Gasteiger partial charge in [-0.15, -0.1) is 12.4 Å². The van der Waals surface area contributed by atoms with Crippen LogP contribution in [0.3, 0.4) is 0 Å². The zero-order valence-corrected chi connectivity index (χ0v) is 15.5. The molecule has 0 radical (unpaired) electrons. The number of carbonyl (C=O) groups is 1. The summed E-state index contributed by atoms with van der Waals surface area (Å²) in [6.45, 7) is 5.57. The third-order valence-electron chi connectivity index (χ3n) is 5.75. The second-order valence-corrected chi connectivity index (χ2v) is 7.03. The maximum absolute atomic E-state index is 11.6. The summed E-state index contributed by atoms with van der Waals surface area (Å²) in [6.07, 6.45) is 4.84. The highest BCUT2D eigenvalue weighted by Gasteiger charge is 2.52. The summed E-state index contributed by atoms with van der Waals surface area (Å²) in [7, 11) is 1.83. The van der Waals surface area contributed by atoms with Crippen LogP contribution in [0.2, 0.25) is 0 Å². The minimum absolute atomic E-state index is 0. The topological polar surface area (TPSA) is 55.6 Å². The van der Waals surface area contributed by atoms with Gasteiger partial charge in [0, 0.05) is 37.6 Å². The second-order valence-electron chi connectivity index (χ2n) is 7.03. The molecule has 5 heteroatoms. The number of fused-ring (bicyclic) bond motifs is 2. The van der Waals surface area contributed by atoms with Crippen LogP contribution in [0.1, 0.15) is 48.5 Å². The lowest BCUT2D eigenvalue weighted by molar-refractivity contribution is -0.168. The minimum atomic E-state index is -0.369. The van der Waals surface area contributed by atoms with Gasteiger partial charge >= 0.3 is 0 Å². The second kappa shape index (κ2) is 7.85. The molecule has 0 aromatic heterocycles. The number of nitrogens with two attached hydrogens (primary N) is 1. The number of piperidine rings is 1. The Morgan fingerprint density at radius 1 is 1.33 bits per heavy atom. The fraction of sp³-hybridized carbons (Fsp3) is 0.632. The van der Waals surface area contributed by atoms with E-state index in [1.165, 1.54) is 25.7 Å². The van der Waals surface area contributed by atoms with Crippen LogP contribution < -0.4 is 5.73 Å². The molecule has 1 amide bonds. The quantitative estimate of drug-likeness (QED) is 0.885. The zero-order chi connectivity index (χ0) is 16.4. The highest BCUT2D eigenvalue weighted by molar-refractivity contribution is 5.92. The van der Waals surface area contributed by atoms with Crippen molar-refractivity contribution >= 4 is 18.3 Å². The van der Waals surface area contributed by atoms with Crippen LogP contribution in [0.5, 0.6) is 0 Å². The van der Waals surface area contributed by atoms with Crippen LogP contribution >= 0.6 is 12.4 Å². The first-order valence-electron chi connectivity index (χ1n) is 8.79. The van der Waals surface area contributed by atoms with Gasteiger partial charge < -0.3 is 15.4 Å². The molecule has 1 heterocycles. The summed E-state index contributed by atoms with van der Waals surface area (Å²) >= 11 is 0. The maximum Gasteiger partial charge on any atom is 0.248 e. The van der Waals surface area contributed by atoms with Crippen molar-refractivity contribution < 1.29 is 9.53 Å². The Morgan fingerprint density at radius 3 is 2.54 bits per heavy atom. The van der Waals surface area contributed by atoms with Gasteiger partial charge in [-0.3, -0.25) is 4.79 Å². The largest absolute Gasteiger partial charge is 0.373 e. The lowest BCUT2D eigenvalue weighted by Crippen LogP contribution is -2.59. The van der Waals surface area contributed by atoms with Crippen molar-refractivity contribution in [3.63, 3.8) is 0 Å². The lowest BCUT2D eigenvalue weighted by Gasteiger charge is -2.55. The number of halogens is 1. The summed E-state index contributed by atoms with van der Waals surface area (Å²) in [5.74, 6) is 0.594. The van der Waals surface area contributed by atoms with Crippen molar-refractivity contribution in [2.75, 3.05) is 26.7 Å². The predicted molar refractivity (Wildman–Crippen MR) is 98.5 cm³/mol. The molecule has 1 aromatic carbocycles. The summed E-state index contributed by atoms with van der Waals surface area (Å²) in [5.41, 5.74) is 6.92. The standard InChI is InChI=1S/C19H28N2O2.ClH/c1-3-10-21-12-16-8-5-9-17(13-21)19(16,23-2)15-7-4-6-14(11-15)18(20)22;/h4,6-7,11,16-17H,3,5,8-10,12-13H2,1-2H3,(H2,20,22);1H/t16-,17+,19-;. The van der Waals surface area contributed by atoms with Crippen molar-refractivity contribution in [2.24, 2.45) is 17.6 Å². The van der Waals surface area contributed by atoms with E-state index in [1.54, 1.807) is 6.07 Å². The molecule has 0 unspecified atom stereocenters. The summed E-state index contributed by atoms with van der Waals surface area (Å²) < 4.78 is 6.21. The van der Waals surface area contributed by atoms with Gasteiger partial charge in [0.25, 0.3) is 0 Å². The number of ether oxygens (including phenoxy) is 1. The molecular formula is C19H29ClN2O2. The van der Waals surface area contributed by atoms with Crippen molar-refractivity contribution in [3.8, 4) is 0 Å². The normalized spacial score (nSPS) is 29.8. The molecule has 24 heavy (non-hydrogen) atoms. The van der Waals surface area contributed by atoms with Gasteiger partial charge in [0.1, 0.15) is 5.60 Å². The van der Waals surface area contributed by atoms with Crippen molar-refractivity contribution in [1.82, 2.24) is 4.90 Å². The monoisotopic (exact) mass is 352 g/mol. The molecule has 2 bridgehead atoms. The SMILES string of the molecule is CCCN1C[C@H]2CCC[C@@H](C1)[C@@]2(OC)c1cccc(C(N)=O)c1.Cl. The van der Waals surface area contributed by atoms with Crippen LogP contribution in [0.4, 0.5) is 0 Å². The van der Waals surface area contributed by atoms with Gasteiger partial charge in [-0.05, 0) is 43.5 Å². The Labute approximate surface area is 151 Å². The van der Waals surface area contributed by atoms with E-state index in [1.807, 2.05) is 19.2 Å². The van der Waals surface area contributed by atoms with Crippen LogP contribution in [0, 0.1) is 11.8 Å². The number of amides is 1. The maximum atomic E-state index is 11.6. The molecule has 3 atom stereocenters. The van der Waals surface area contributed by atoms with E-state index in [9.17, 15) is 4.79 Å². The molecule has 134 valence electrons. The number of rotatable bonds is 5. The smallest absolute Gasteiger partial charge is 0.248 e. The van der Waals surface area contributed by atoms with E-state index in [0.29, 0.717) is 17.4 Å². The number of hydrogen-bond acceptors (Lipinski definition) is 3. The molecule has 3 rings (SSSR count). The Balaban J connectivity index is 0.00000208. The van der Waals surface area contributed by atoms with E-state index in [4.69, 9.17) is 10.5 Å². The van der Waals surface area contributed by atoms with Gasteiger partial charge in [-0.1, -0.05) is 25.5 Å². The van der Waals surface area contributed by atoms with E-state index in [2.05, 4.69) is 17.9 Å². The van der Waals surface area contributed by atoms with Gasteiger partial charge in [0.15, 0.2) is 0 Å². The molecule has 1 aromatic rings. The van der Waals surface area contributed by atoms with E-state index in [-0.39, 0.29) is 23.9 Å². The Hall–Kier alpha value is -1.10. The average Bonchev–Trinajstić information content (AvgIpc) is 2.54. The van der Waals surface area contributed by atoms with Crippen molar-refractivity contribution in [3.05, 3.63) is 35.4 Å². The van der Waals surface area contributed by atoms with Crippen molar-refractivity contribution in [1.29, 1.82) is 0 Å². The molecule has 2 aliphatic rings. The molecule has 2 N–H and O–H groups in total. The number of benzene rings is 1. The Bertz CT molecular complexity index is 564. The lowest BCUT2D eigenvalue weighted by atomic mass is 9.62. The molecule has 4 nitrogen and oxygen atoms in total. The number of carbonyl (C=O) groups excluding carboxylic acids is 1. The third-order valence-corrected chi connectivity index (χ3v) is 5.75. The highest BCUT2D eigenvalue weighted by Crippen LogP contribution is 2.51. The van der Waals surface area contributed by atoms with Crippen LogP contribution in [0.15, 0.2) is 24.3 Å². The molecule has 1 saturated carbocycles. The fourth-order valence-corrected chi connectivity index (χ4v) is 4.86. The van der Waals surface area contributed by atoms with E-state index < -0.39 is 0 Å².